The molecule has 0 saturated heterocycles. The van der Waals surface area contributed by atoms with Crippen LogP contribution in [0.5, 0.6) is 0 Å². The first-order valence-electron chi connectivity index (χ1n) is 3.58. The standard InChI is InChI=1S/C6H15O2Si2/c1-4-5-6-10(7-2)8-9-3/h4-6H2,1-3H3. The van der Waals surface area contributed by atoms with E-state index in [0.29, 0.717) is 9.76 Å². The molecule has 3 radical (unpaired) electrons. The van der Waals surface area contributed by atoms with Crippen molar-refractivity contribution in [3.63, 3.8) is 0 Å². The summed E-state index contributed by atoms with van der Waals surface area (Å²) in [6, 6.07) is 1.12. The highest BCUT2D eigenvalue weighted by atomic mass is 28.4. The first kappa shape index (κ1) is 10.4. The Morgan fingerprint density at radius 3 is 2.60 bits per heavy atom. The van der Waals surface area contributed by atoms with Crippen LogP contribution in [0, 0.1) is 0 Å². The van der Waals surface area contributed by atoms with Crippen molar-refractivity contribution in [2.24, 2.45) is 0 Å². The summed E-state index contributed by atoms with van der Waals surface area (Å²) in [7, 11) is 1.43. The van der Waals surface area contributed by atoms with Gasteiger partial charge in [-0.3, -0.25) is 0 Å². The third kappa shape index (κ3) is 5.16. The van der Waals surface area contributed by atoms with E-state index >= 15 is 0 Å². The highest BCUT2D eigenvalue weighted by Crippen LogP contribution is 2.01. The maximum absolute atomic E-state index is 5.40. The molecule has 10 heavy (non-hydrogen) atoms. The molecule has 0 aromatic rings. The van der Waals surface area contributed by atoms with E-state index in [1.54, 1.807) is 7.11 Å². The summed E-state index contributed by atoms with van der Waals surface area (Å²) in [5.41, 5.74) is 0. The molecule has 0 heterocycles. The Bertz CT molecular complexity index is 70.8. The molecule has 0 aromatic carbocycles. The van der Waals surface area contributed by atoms with Crippen LogP contribution in [0.3, 0.4) is 0 Å². The molecule has 0 spiro atoms. The first-order chi connectivity index (χ1) is 4.85. The molecular weight excluding hydrogens is 160 g/mol. The van der Waals surface area contributed by atoms with Crippen LogP contribution in [-0.4, -0.2) is 26.2 Å². The lowest BCUT2D eigenvalue weighted by Gasteiger charge is -2.09. The van der Waals surface area contributed by atoms with Crippen LogP contribution in [-0.2, 0) is 8.54 Å². The summed E-state index contributed by atoms with van der Waals surface area (Å²) in [5, 5.41) is 0. The monoisotopic (exact) mass is 175 g/mol. The lowest BCUT2D eigenvalue weighted by molar-refractivity contribution is 0.339. The van der Waals surface area contributed by atoms with Crippen LogP contribution in [0.25, 0.3) is 0 Å². The first-order valence-corrected chi connectivity index (χ1v) is 6.51. The van der Waals surface area contributed by atoms with E-state index in [4.69, 9.17) is 8.54 Å². The number of hydrogen-bond acceptors (Lipinski definition) is 2. The molecule has 0 N–H and O–H groups in total. The summed E-state index contributed by atoms with van der Waals surface area (Å²) in [5.74, 6) is 0. The molecule has 0 unspecified atom stereocenters. The quantitative estimate of drug-likeness (QED) is 0.571. The van der Waals surface area contributed by atoms with Crippen molar-refractivity contribution in [3.05, 3.63) is 0 Å². The van der Waals surface area contributed by atoms with Gasteiger partial charge in [0.1, 0.15) is 0 Å². The minimum absolute atomic E-state index is 0.576. The van der Waals surface area contributed by atoms with Gasteiger partial charge >= 0.3 is 9.28 Å². The number of hydrogen-bond donors (Lipinski definition) is 0. The molecule has 4 heteroatoms. The molecule has 0 fully saturated rings. The van der Waals surface area contributed by atoms with E-state index < -0.39 is 9.28 Å². The van der Waals surface area contributed by atoms with Crippen molar-refractivity contribution in [2.45, 2.75) is 32.4 Å². The fourth-order valence-corrected chi connectivity index (χ4v) is 3.13. The van der Waals surface area contributed by atoms with Gasteiger partial charge in [0, 0.05) is 7.11 Å². The van der Waals surface area contributed by atoms with Crippen LogP contribution in [0.1, 0.15) is 19.8 Å². The Morgan fingerprint density at radius 1 is 1.50 bits per heavy atom. The van der Waals surface area contributed by atoms with Crippen molar-refractivity contribution in [1.29, 1.82) is 0 Å². The normalized spacial score (nSPS) is 10.8. The molecule has 0 aliphatic rings. The van der Waals surface area contributed by atoms with Gasteiger partial charge in [-0.25, -0.2) is 0 Å². The zero-order valence-electron chi connectivity index (χ0n) is 6.94. The van der Waals surface area contributed by atoms with Crippen molar-refractivity contribution in [1.82, 2.24) is 0 Å². The fraction of sp³-hybridized carbons (Fsp3) is 1.00. The van der Waals surface area contributed by atoms with E-state index in [1.165, 1.54) is 12.8 Å². The Balaban J connectivity index is 3.21. The summed E-state index contributed by atoms with van der Waals surface area (Å²) in [6.45, 7) is 4.22. The molecule has 2 nitrogen and oxygen atoms in total. The van der Waals surface area contributed by atoms with Gasteiger partial charge in [-0.15, -0.1) is 0 Å². The summed E-state index contributed by atoms with van der Waals surface area (Å²) in [4.78, 5) is 0. The Hall–Kier alpha value is 0.354. The smallest absolute Gasteiger partial charge is 0.373 e. The van der Waals surface area contributed by atoms with Gasteiger partial charge in [0.15, 0.2) is 0 Å². The summed E-state index contributed by atoms with van der Waals surface area (Å²) < 4.78 is 10.6. The van der Waals surface area contributed by atoms with Gasteiger partial charge in [-0.1, -0.05) is 19.8 Å². The maximum atomic E-state index is 5.40. The Morgan fingerprint density at radius 2 is 2.20 bits per heavy atom. The van der Waals surface area contributed by atoms with Crippen LogP contribution in [0.2, 0.25) is 12.6 Å². The largest absolute Gasteiger partial charge is 0.435 e. The van der Waals surface area contributed by atoms with Gasteiger partial charge in [-0.05, 0) is 12.6 Å². The highest BCUT2D eigenvalue weighted by molar-refractivity contribution is 6.52. The second-order valence-corrected chi connectivity index (χ2v) is 4.86. The molecule has 0 bridgehead atoms. The minimum Gasteiger partial charge on any atom is -0.435 e. The summed E-state index contributed by atoms with van der Waals surface area (Å²) in [6.07, 6.45) is 2.46. The van der Waals surface area contributed by atoms with Crippen molar-refractivity contribution < 1.29 is 8.54 Å². The molecule has 0 aliphatic carbocycles. The molecule has 0 aliphatic heterocycles. The van der Waals surface area contributed by atoms with Crippen LogP contribution in [0.4, 0.5) is 0 Å². The minimum atomic E-state index is -0.885. The van der Waals surface area contributed by atoms with Crippen LogP contribution in [0.15, 0.2) is 0 Å². The molecule has 59 valence electrons. The van der Waals surface area contributed by atoms with Crippen molar-refractivity contribution in [2.75, 3.05) is 7.11 Å². The zero-order valence-corrected chi connectivity index (χ0v) is 8.94. The maximum Gasteiger partial charge on any atom is 0.373 e. The predicted molar refractivity (Wildman–Crippen MR) is 45.2 cm³/mol. The van der Waals surface area contributed by atoms with Gasteiger partial charge in [0.2, 0.25) is 9.76 Å². The van der Waals surface area contributed by atoms with Gasteiger partial charge in [0.25, 0.3) is 0 Å². The second-order valence-electron chi connectivity index (χ2n) is 1.99. The van der Waals surface area contributed by atoms with Crippen molar-refractivity contribution >= 4 is 19.0 Å². The summed E-state index contributed by atoms with van der Waals surface area (Å²) >= 11 is 0. The molecule has 0 aromatic heterocycles. The van der Waals surface area contributed by atoms with Gasteiger partial charge in [-0.2, -0.15) is 0 Å². The SMILES string of the molecule is CCCC[Si](OC)O[Si]C. The Labute approximate surface area is 67.7 Å². The third-order valence-corrected chi connectivity index (χ3v) is 4.12. The molecule has 0 amide bonds. The van der Waals surface area contributed by atoms with E-state index in [1.807, 2.05) is 6.55 Å². The zero-order chi connectivity index (χ0) is 7.82. The van der Waals surface area contributed by atoms with E-state index in [0.717, 1.165) is 6.04 Å². The van der Waals surface area contributed by atoms with Crippen molar-refractivity contribution in [3.8, 4) is 0 Å². The van der Waals surface area contributed by atoms with Crippen LogP contribution < -0.4 is 0 Å². The topological polar surface area (TPSA) is 18.5 Å². The average Bonchev–Trinajstić information content (AvgIpc) is 1.98. The van der Waals surface area contributed by atoms with Gasteiger partial charge in [0.05, 0.1) is 0 Å². The van der Waals surface area contributed by atoms with E-state index in [2.05, 4.69) is 6.92 Å². The highest BCUT2D eigenvalue weighted by Gasteiger charge is 2.10. The van der Waals surface area contributed by atoms with E-state index in [-0.39, 0.29) is 0 Å². The second kappa shape index (κ2) is 7.46. The van der Waals surface area contributed by atoms with Crippen LogP contribution >= 0.6 is 0 Å². The molecule has 0 saturated carbocycles. The van der Waals surface area contributed by atoms with E-state index in [9.17, 15) is 0 Å². The average molecular weight is 175 g/mol. The van der Waals surface area contributed by atoms with Gasteiger partial charge < -0.3 is 8.54 Å². The Kier molecular flexibility index (Phi) is 7.72. The third-order valence-electron chi connectivity index (χ3n) is 1.18. The number of rotatable bonds is 6. The number of unbranched alkanes of at least 4 members (excludes halogenated alkanes) is 1. The predicted octanol–water partition coefficient (Wildman–Crippen LogP) is 1.60. The lowest BCUT2D eigenvalue weighted by Crippen LogP contribution is -2.21. The molecular formula is C6H15O2Si2. The fourth-order valence-electron chi connectivity index (χ4n) is 0.630. The molecule has 0 atom stereocenters. The molecule has 0 rings (SSSR count). The lowest BCUT2D eigenvalue weighted by atomic mass is 10.4.